The van der Waals surface area contributed by atoms with Gasteiger partial charge in [-0.3, -0.25) is 4.79 Å². The van der Waals surface area contributed by atoms with Crippen LogP contribution in [-0.2, 0) is 6.61 Å². The van der Waals surface area contributed by atoms with Crippen LogP contribution in [0.1, 0.15) is 15.9 Å². The van der Waals surface area contributed by atoms with Crippen LogP contribution in [0, 0.1) is 0 Å². The lowest BCUT2D eigenvalue weighted by molar-refractivity contribution is 0.102. The van der Waals surface area contributed by atoms with Gasteiger partial charge in [-0.2, -0.15) is 0 Å². The van der Waals surface area contributed by atoms with Crippen molar-refractivity contribution in [2.24, 2.45) is 0 Å². The Balaban J connectivity index is 1.77. The molecular formula is C22H20ClNO3S. The Hall–Kier alpha value is -2.63. The molecule has 3 aromatic carbocycles. The van der Waals surface area contributed by atoms with Gasteiger partial charge in [-0.1, -0.05) is 23.7 Å². The van der Waals surface area contributed by atoms with Gasteiger partial charge >= 0.3 is 0 Å². The van der Waals surface area contributed by atoms with E-state index in [1.807, 2.05) is 30.5 Å². The molecule has 0 aromatic heterocycles. The number of carbonyl (C=O) groups excluding carboxylic acids is 1. The summed E-state index contributed by atoms with van der Waals surface area (Å²) in [6, 6.07) is 20.1. The maximum Gasteiger partial charge on any atom is 0.255 e. The minimum atomic E-state index is -0.183. The third kappa shape index (κ3) is 5.00. The molecule has 0 fully saturated rings. The molecule has 0 aliphatic rings. The topological polar surface area (TPSA) is 47.6 Å². The Kier molecular flexibility index (Phi) is 6.85. The van der Waals surface area contributed by atoms with Crippen LogP contribution in [0.5, 0.6) is 11.5 Å². The zero-order valence-corrected chi connectivity index (χ0v) is 17.1. The Bertz CT molecular complexity index is 960. The predicted octanol–water partition coefficient (Wildman–Crippen LogP) is 5.90. The van der Waals surface area contributed by atoms with Gasteiger partial charge in [0, 0.05) is 21.0 Å². The Morgan fingerprint density at radius 3 is 2.54 bits per heavy atom. The highest BCUT2D eigenvalue weighted by atomic mass is 35.5. The summed E-state index contributed by atoms with van der Waals surface area (Å²) in [5.41, 5.74) is 2.10. The summed E-state index contributed by atoms with van der Waals surface area (Å²) in [5.74, 6) is 1.17. The van der Waals surface area contributed by atoms with Gasteiger partial charge in [-0.05, 0) is 60.9 Å². The van der Waals surface area contributed by atoms with Crippen molar-refractivity contribution in [2.75, 3.05) is 18.7 Å². The van der Waals surface area contributed by atoms with Crippen LogP contribution in [0.25, 0.3) is 0 Å². The standard InChI is InChI=1S/C22H20ClNO3S/c1-26-20-12-7-15(22(25)24-19-5-3-4-6-21(19)28-2)13-16(20)14-27-18-10-8-17(23)9-11-18/h3-13H,14H2,1-2H3,(H,24,25). The van der Waals surface area contributed by atoms with Gasteiger partial charge in [-0.15, -0.1) is 11.8 Å². The first-order chi connectivity index (χ1) is 13.6. The van der Waals surface area contributed by atoms with Gasteiger partial charge in [0.05, 0.1) is 12.8 Å². The number of hydrogen-bond donors (Lipinski definition) is 1. The van der Waals surface area contributed by atoms with Gasteiger partial charge in [0.15, 0.2) is 0 Å². The lowest BCUT2D eigenvalue weighted by atomic mass is 10.1. The van der Waals surface area contributed by atoms with Gasteiger partial charge in [0.1, 0.15) is 18.1 Å². The van der Waals surface area contributed by atoms with Crippen molar-refractivity contribution < 1.29 is 14.3 Å². The van der Waals surface area contributed by atoms with Crippen molar-refractivity contribution in [1.82, 2.24) is 0 Å². The minimum Gasteiger partial charge on any atom is -0.496 e. The molecule has 4 nitrogen and oxygen atoms in total. The number of methoxy groups -OCH3 is 1. The number of ether oxygens (including phenoxy) is 2. The van der Waals surface area contributed by atoms with Gasteiger partial charge in [0.2, 0.25) is 0 Å². The van der Waals surface area contributed by atoms with Gasteiger partial charge in [0.25, 0.3) is 5.91 Å². The third-order valence-corrected chi connectivity index (χ3v) is 5.15. The van der Waals surface area contributed by atoms with Gasteiger partial charge < -0.3 is 14.8 Å². The number of rotatable bonds is 7. The summed E-state index contributed by atoms with van der Waals surface area (Å²) in [6.07, 6.45) is 1.98. The smallest absolute Gasteiger partial charge is 0.255 e. The molecule has 28 heavy (non-hydrogen) atoms. The summed E-state index contributed by atoms with van der Waals surface area (Å²) in [5, 5.41) is 3.61. The molecule has 144 valence electrons. The van der Waals surface area contributed by atoms with Crippen LogP contribution in [-0.4, -0.2) is 19.3 Å². The van der Waals surface area contributed by atoms with Crippen molar-refractivity contribution in [1.29, 1.82) is 0 Å². The summed E-state index contributed by atoms with van der Waals surface area (Å²) < 4.78 is 11.2. The summed E-state index contributed by atoms with van der Waals surface area (Å²) in [6.45, 7) is 0.271. The fraction of sp³-hybridized carbons (Fsp3) is 0.136. The van der Waals surface area contributed by atoms with Crippen molar-refractivity contribution in [3.63, 3.8) is 0 Å². The fourth-order valence-electron chi connectivity index (χ4n) is 2.67. The molecule has 1 N–H and O–H groups in total. The number of thioether (sulfide) groups is 1. The SMILES string of the molecule is COc1ccc(C(=O)Nc2ccccc2SC)cc1COc1ccc(Cl)cc1. The Labute approximate surface area is 173 Å². The number of para-hydroxylation sites is 1. The molecule has 3 aromatic rings. The molecule has 6 heteroatoms. The number of amides is 1. The molecule has 1 amide bonds. The number of anilines is 1. The van der Waals surface area contributed by atoms with E-state index in [2.05, 4.69) is 5.32 Å². The average molecular weight is 414 g/mol. The zero-order chi connectivity index (χ0) is 19.9. The first-order valence-corrected chi connectivity index (χ1v) is 10.2. The van der Waals surface area contributed by atoms with E-state index in [1.165, 1.54) is 0 Å². The fourth-order valence-corrected chi connectivity index (χ4v) is 3.35. The normalized spacial score (nSPS) is 10.4. The van der Waals surface area contributed by atoms with Crippen LogP contribution in [0.15, 0.2) is 71.6 Å². The van der Waals surface area contributed by atoms with E-state index >= 15 is 0 Å². The van der Waals surface area contributed by atoms with E-state index in [4.69, 9.17) is 21.1 Å². The van der Waals surface area contributed by atoms with Crippen molar-refractivity contribution in [2.45, 2.75) is 11.5 Å². The molecule has 0 atom stereocenters. The minimum absolute atomic E-state index is 0.183. The second-order valence-corrected chi connectivity index (χ2v) is 7.21. The Morgan fingerprint density at radius 1 is 1.07 bits per heavy atom. The van der Waals surface area contributed by atoms with Crippen LogP contribution in [0.2, 0.25) is 5.02 Å². The van der Waals surface area contributed by atoms with Crippen molar-refractivity contribution >= 4 is 35.0 Å². The van der Waals surface area contributed by atoms with Crippen LogP contribution in [0.3, 0.4) is 0 Å². The highest BCUT2D eigenvalue weighted by Gasteiger charge is 2.13. The highest BCUT2D eigenvalue weighted by molar-refractivity contribution is 7.98. The Morgan fingerprint density at radius 2 is 1.82 bits per heavy atom. The first-order valence-electron chi connectivity index (χ1n) is 8.60. The van der Waals surface area contributed by atoms with E-state index in [-0.39, 0.29) is 12.5 Å². The number of nitrogens with one attached hydrogen (secondary N) is 1. The largest absolute Gasteiger partial charge is 0.496 e. The summed E-state index contributed by atoms with van der Waals surface area (Å²) in [7, 11) is 1.59. The molecule has 0 unspecified atom stereocenters. The molecule has 3 rings (SSSR count). The average Bonchev–Trinajstić information content (AvgIpc) is 2.73. The molecular weight excluding hydrogens is 394 g/mol. The molecule has 0 heterocycles. The number of halogens is 1. The van der Waals surface area contributed by atoms with Gasteiger partial charge in [-0.25, -0.2) is 0 Å². The summed E-state index contributed by atoms with van der Waals surface area (Å²) in [4.78, 5) is 13.7. The van der Waals surface area contributed by atoms with Crippen LogP contribution < -0.4 is 14.8 Å². The van der Waals surface area contributed by atoms with E-state index in [9.17, 15) is 4.79 Å². The molecule has 0 bridgehead atoms. The third-order valence-electron chi connectivity index (χ3n) is 4.11. The maximum atomic E-state index is 12.7. The predicted molar refractivity (Wildman–Crippen MR) is 115 cm³/mol. The second kappa shape index (κ2) is 9.53. The molecule has 0 aliphatic carbocycles. The molecule has 0 radical (unpaired) electrons. The van der Waals surface area contributed by atoms with Crippen molar-refractivity contribution in [3.05, 3.63) is 82.9 Å². The van der Waals surface area contributed by atoms with Crippen molar-refractivity contribution in [3.8, 4) is 11.5 Å². The molecule has 0 spiro atoms. The van der Waals surface area contributed by atoms with Crippen LogP contribution >= 0.6 is 23.4 Å². The number of carbonyl (C=O) groups is 1. The zero-order valence-electron chi connectivity index (χ0n) is 15.6. The second-order valence-electron chi connectivity index (χ2n) is 5.92. The number of hydrogen-bond acceptors (Lipinski definition) is 4. The van der Waals surface area contributed by atoms with E-state index < -0.39 is 0 Å². The highest BCUT2D eigenvalue weighted by Crippen LogP contribution is 2.27. The van der Waals surface area contributed by atoms with E-state index in [1.54, 1.807) is 61.3 Å². The lowest BCUT2D eigenvalue weighted by Crippen LogP contribution is -2.13. The first kappa shape index (κ1) is 20.1. The van der Waals surface area contributed by atoms with Crippen LogP contribution in [0.4, 0.5) is 5.69 Å². The quantitative estimate of drug-likeness (QED) is 0.490. The lowest BCUT2D eigenvalue weighted by Gasteiger charge is -2.13. The molecule has 0 saturated carbocycles. The monoisotopic (exact) mass is 413 g/mol. The maximum absolute atomic E-state index is 12.7. The molecule has 0 saturated heterocycles. The summed E-state index contributed by atoms with van der Waals surface area (Å²) >= 11 is 7.48. The number of benzene rings is 3. The van der Waals surface area contributed by atoms with E-state index in [0.717, 1.165) is 16.1 Å². The van der Waals surface area contributed by atoms with E-state index in [0.29, 0.717) is 22.1 Å². The molecule has 0 aliphatic heterocycles.